The number of benzene rings is 2. The van der Waals surface area contributed by atoms with Crippen LogP contribution in [0.5, 0.6) is 0 Å². The summed E-state index contributed by atoms with van der Waals surface area (Å²) in [5.41, 5.74) is 2.82. The molecule has 162 valence electrons. The van der Waals surface area contributed by atoms with Gasteiger partial charge >= 0.3 is 0 Å². The summed E-state index contributed by atoms with van der Waals surface area (Å²) >= 11 is 0. The molecule has 6 nitrogen and oxygen atoms in total. The summed E-state index contributed by atoms with van der Waals surface area (Å²) in [5.74, 6) is 2.55. The van der Waals surface area contributed by atoms with Gasteiger partial charge in [-0.05, 0) is 37.8 Å². The van der Waals surface area contributed by atoms with Gasteiger partial charge in [0.25, 0.3) is 0 Å². The summed E-state index contributed by atoms with van der Waals surface area (Å²) < 4.78 is 1.99. The van der Waals surface area contributed by atoms with E-state index >= 15 is 0 Å². The van der Waals surface area contributed by atoms with Gasteiger partial charge in [-0.25, -0.2) is 4.99 Å². The highest BCUT2D eigenvalue weighted by Crippen LogP contribution is 2.43. The van der Waals surface area contributed by atoms with Crippen LogP contribution in [0.15, 0.2) is 65.7 Å². The first-order chi connectivity index (χ1) is 15.1. The Balaban J connectivity index is 1.51. The fourth-order valence-corrected chi connectivity index (χ4v) is 4.14. The molecule has 1 heterocycles. The third-order valence-electron chi connectivity index (χ3n) is 6.51. The van der Waals surface area contributed by atoms with E-state index in [9.17, 15) is 0 Å². The molecule has 31 heavy (non-hydrogen) atoms. The van der Waals surface area contributed by atoms with Crippen molar-refractivity contribution in [2.75, 3.05) is 6.54 Å². The summed E-state index contributed by atoms with van der Waals surface area (Å²) in [7, 11) is 1.98. The minimum absolute atomic E-state index is 0.141. The highest BCUT2D eigenvalue weighted by Gasteiger charge is 2.38. The van der Waals surface area contributed by atoms with Crippen molar-refractivity contribution in [2.45, 2.75) is 51.1 Å². The first-order valence-corrected chi connectivity index (χ1v) is 11.1. The van der Waals surface area contributed by atoms with E-state index in [1.54, 1.807) is 0 Å². The molecule has 4 rings (SSSR count). The number of guanidine groups is 1. The third kappa shape index (κ3) is 4.79. The van der Waals surface area contributed by atoms with Crippen molar-refractivity contribution in [3.8, 4) is 0 Å². The van der Waals surface area contributed by atoms with Crippen molar-refractivity contribution in [3.63, 3.8) is 0 Å². The van der Waals surface area contributed by atoms with Crippen LogP contribution < -0.4 is 10.6 Å². The van der Waals surface area contributed by atoms with Crippen LogP contribution in [-0.4, -0.2) is 27.3 Å². The topological polar surface area (TPSA) is 67.1 Å². The smallest absolute Gasteiger partial charge is 0.192 e. The monoisotopic (exact) mass is 416 g/mol. The van der Waals surface area contributed by atoms with Crippen LogP contribution in [0, 0.1) is 6.92 Å². The fourth-order valence-electron chi connectivity index (χ4n) is 4.14. The summed E-state index contributed by atoms with van der Waals surface area (Å²) in [6.45, 7) is 5.46. The summed E-state index contributed by atoms with van der Waals surface area (Å²) in [5, 5.41) is 15.6. The summed E-state index contributed by atoms with van der Waals surface area (Å²) in [6, 6.07) is 21.5. The van der Waals surface area contributed by atoms with Gasteiger partial charge in [0, 0.05) is 19.0 Å². The van der Waals surface area contributed by atoms with Gasteiger partial charge < -0.3 is 15.2 Å². The number of hydrogen-bond acceptors (Lipinski definition) is 3. The van der Waals surface area contributed by atoms with Gasteiger partial charge in [0.2, 0.25) is 0 Å². The summed E-state index contributed by atoms with van der Waals surface area (Å²) in [6.07, 6.45) is 3.68. The Bertz CT molecular complexity index is 1010. The molecule has 1 aliphatic carbocycles. The van der Waals surface area contributed by atoms with Crippen molar-refractivity contribution in [1.29, 1.82) is 0 Å². The minimum Gasteiger partial charge on any atom is -0.355 e. The third-order valence-corrected chi connectivity index (χ3v) is 6.51. The quantitative estimate of drug-likeness (QED) is 0.451. The lowest BCUT2D eigenvalue weighted by molar-refractivity contribution is 0.243. The lowest BCUT2D eigenvalue weighted by Crippen LogP contribution is -2.49. The maximum Gasteiger partial charge on any atom is 0.192 e. The molecule has 1 atom stereocenters. The van der Waals surface area contributed by atoms with Crippen LogP contribution in [0.2, 0.25) is 0 Å². The molecule has 0 saturated heterocycles. The fraction of sp³-hybridized carbons (Fsp3) is 0.400. The lowest BCUT2D eigenvalue weighted by Gasteiger charge is -2.43. The molecular formula is C25H32N6. The van der Waals surface area contributed by atoms with Crippen molar-refractivity contribution < 1.29 is 0 Å². The molecule has 3 aromatic rings. The Morgan fingerprint density at radius 2 is 1.74 bits per heavy atom. The second-order valence-corrected chi connectivity index (χ2v) is 8.52. The van der Waals surface area contributed by atoms with E-state index in [2.05, 4.69) is 82.4 Å². The van der Waals surface area contributed by atoms with Crippen LogP contribution >= 0.6 is 0 Å². The maximum absolute atomic E-state index is 4.86. The van der Waals surface area contributed by atoms with Crippen molar-refractivity contribution in [3.05, 3.63) is 83.4 Å². The molecule has 0 aliphatic heterocycles. The normalized spacial score (nSPS) is 16.4. The van der Waals surface area contributed by atoms with Crippen LogP contribution in [0.1, 0.15) is 55.0 Å². The number of aryl methyl sites for hydroxylation is 1. The molecule has 0 radical (unpaired) electrons. The van der Waals surface area contributed by atoms with Gasteiger partial charge in [-0.15, -0.1) is 10.2 Å². The van der Waals surface area contributed by atoms with Crippen molar-refractivity contribution in [2.24, 2.45) is 12.0 Å². The number of nitrogens with one attached hydrogen (secondary N) is 2. The predicted molar refractivity (Wildman–Crippen MR) is 125 cm³/mol. The zero-order valence-electron chi connectivity index (χ0n) is 18.7. The molecule has 1 aliphatic rings. The molecule has 6 heteroatoms. The number of aliphatic imine (C=N–C) groups is 1. The maximum atomic E-state index is 4.86. The van der Waals surface area contributed by atoms with Crippen LogP contribution in [-0.2, 0) is 19.0 Å². The van der Waals surface area contributed by atoms with Gasteiger partial charge in [-0.3, -0.25) is 0 Å². The van der Waals surface area contributed by atoms with Gasteiger partial charge in [0.05, 0.1) is 6.04 Å². The molecule has 1 aromatic heterocycles. The molecule has 1 fully saturated rings. The Labute approximate surface area is 184 Å². The van der Waals surface area contributed by atoms with E-state index in [1.165, 1.54) is 30.4 Å². The molecular weight excluding hydrogens is 384 g/mol. The zero-order valence-corrected chi connectivity index (χ0v) is 18.7. The molecule has 2 N–H and O–H groups in total. The number of hydrogen-bond donors (Lipinski definition) is 2. The van der Waals surface area contributed by atoms with Crippen LogP contribution in [0.3, 0.4) is 0 Å². The van der Waals surface area contributed by atoms with Gasteiger partial charge in [0.15, 0.2) is 11.8 Å². The largest absolute Gasteiger partial charge is 0.355 e. The van der Waals surface area contributed by atoms with Crippen molar-refractivity contribution >= 4 is 5.96 Å². The SMILES string of the molecule is Cc1nnc(CN=C(NCC2(c3ccccc3)CCC2)NC(C)c2ccccc2)n1C. The number of rotatable bonds is 7. The highest BCUT2D eigenvalue weighted by atomic mass is 15.3. The zero-order chi connectivity index (χ0) is 21.7. The van der Waals surface area contributed by atoms with Crippen LogP contribution in [0.4, 0.5) is 0 Å². The molecule has 1 unspecified atom stereocenters. The molecule has 0 bridgehead atoms. The molecule has 1 saturated carbocycles. The van der Waals surface area contributed by atoms with Crippen LogP contribution in [0.25, 0.3) is 0 Å². The van der Waals surface area contributed by atoms with E-state index in [0.717, 1.165) is 24.2 Å². The number of aromatic nitrogens is 3. The van der Waals surface area contributed by atoms with E-state index in [4.69, 9.17) is 4.99 Å². The Morgan fingerprint density at radius 1 is 1.06 bits per heavy atom. The lowest BCUT2D eigenvalue weighted by atomic mass is 9.64. The molecule has 0 amide bonds. The minimum atomic E-state index is 0.141. The summed E-state index contributed by atoms with van der Waals surface area (Å²) in [4.78, 5) is 4.86. The average molecular weight is 417 g/mol. The van der Waals surface area contributed by atoms with E-state index < -0.39 is 0 Å². The highest BCUT2D eigenvalue weighted by molar-refractivity contribution is 5.80. The van der Waals surface area contributed by atoms with E-state index in [-0.39, 0.29) is 11.5 Å². The first-order valence-electron chi connectivity index (χ1n) is 11.1. The predicted octanol–water partition coefficient (Wildman–Crippen LogP) is 4.04. The second-order valence-electron chi connectivity index (χ2n) is 8.52. The Kier molecular flexibility index (Phi) is 6.35. The van der Waals surface area contributed by atoms with Crippen molar-refractivity contribution in [1.82, 2.24) is 25.4 Å². The number of nitrogens with zero attached hydrogens (tertiary/aromatic N) is 4. The Morgan fingerprint density at radius 3 is 2.32 bits per heavy atom. The average Bonchev–Trinajstić information content (AvgIpc) is 3.10. The first kappa shape index (κ1) is 21.1. The van der Waals surface area contributed by atoms with Gasteiger partial charge in [-0.2, -0.15) is 0 Å². The van der Waals surface area contributed by atoms with E-state index in [0.29, 0.717) is 6.54 Å². The molecule has 2 aromatic carbocycles. The molecule has 0 spiro atoms. The van der Waals surface area contributed by atoms with Gasteiger partial charge in [0.1, 0.15) is 12.4 Å². The Hall–Kier alpha value is -3.15. The second kappa shape index (κ2) is 9.33. The van der Waals surface area contributed by atoms with Gasteiger partial charge in [-0.1, -0.05) is 67.1 Å². The van der Waals surface area contributed by atoms with E-state index in [1.807, 2.05) is 24.6 Å². The standard InChI is InChI=1S/C25H32N6/c1-19(21-11-6-4-7-12-21)28-24(26-17-23-30-29-20(2)31(23)3)27-18-25(15-10-16-25)22-13-8-5-9-14-22/h4-9,11-14,19H,10,15-18H2,1-3H3,(H2,26,27,28).